The summed E-state index contributed by atoms with van der Waals surface area (Å²) in [6.07, 6.45) is 0. The van der Waals surface area contributed by atoms with Crippen LogP contribution in [0.2, 0.25) is 0 Å². The highest BCUT2D eigenvalue weighted by molar-refractivity contribution is 7.55. The van der Waals surface area contributed by atoms with Crippen LogP contribution in [0, 0.1) is 5.92 Å². The molecule has 0 aliphatic carbocycles. The first-order valence-corrected chi connectivity index (χ1v) is 6.04. The highest BCUT2D eigenvalue weighted by Gasteiger charge is 2.49. The van der Waals surface area contributed by atoms with E-state index in [1.807, 2.05) is 0 Å². The second-order valence-electron chi connectivity index (χ2n) is 3.45. The Kier molecular flexibility index (Phi) is 5.20. The van der Waals surface area contributed by atoms with E-state index in [2.05, 4.69) is 9.05 Å². The summed E-state index contributed by atoms with van der Waals surface area (Å²) in [7, 11) is -4.29. The molecule has 0 aromatic rings. The monoisotopic (exact) mass is 230 g/mol. The first-order valence-electron chi connectivity index (χ1n) is 4.50. The van der Waals surface area contributed by atoms with Crippen molar-refractivity contribution in [3.05, 3.63) is 0 Å². The van der Waals surface area contributed by atoms with Crippen LogP contribution in [0.15, 0.2) is 0 Å². The highest BCUT2D eigenvalue weighted by Crippen LogP contribution is 2.61. The fraction of sp³-hybridized carbons (Fsp3) is 1.00. The molecular formula is C8H17F2O3P. The van der Waals surface area contributed by atoms with Crippen LogP contribution in [0.1, 0.15) is 27.7 Å². The molecule has 0 amide bonds. The first-order chi connectivity index (χ1) is 6.23. The summed E-state index contributed by atoms with van der Waals surface area (Å²) in [5.41, 5.74) is -3.45. The van der Waals surface area contributed by atoms with Crippen LogP contribution in [0.25, 0.3) is 0 Å². The standard InChI is InChI=1S/C8H17F2O3P/c1-5-12-14(11,8(4,9)10)13-6-7(2)3/h7H,5-6H2,1-4H3. The summed E-state index contributed by atoms with van der Waals surface area (Å²) in [6.45, 7) is 5.55. The van der Waals surface area contributed by atoms with Crippen LogP contribution >= 0.6 is 7.60 Å². The molecule has 14 heavy (non-hydrogen) atoms. The van der Waals surface area contributed by atoms with Gasteiger partial charge in [0.05, 0.1) is 13.2 Å². The maximum absolute atomic E-state index is 12.9. The maximum Gasteiger partial charge on any atom is 0.399 e. The van der Waals surface area contributed by atoms with Gasteiger partial charge in [0.2, 0.25) is 0 Å². The molecular weight excluding hydrogens is 213 g/mol. The van der Waals surface area contributed by atoms with Gasteiger partial charge in [-0.05, 0) is 12.8 Å². The summed E-state index contributed by atoms with van der Waals surface area (Å²) in [5, 5.41) is 0. The van der Waals surface area contributed by atoms with Gasteiger partial charge in [0.15, 0.2) is 0 Å². The Hall–Kier alpha value is 0.01000. The molecule has 1 atom stereocenters. The van der Waals surface area contributed by atoms with E-state index < -0.39 is 13.3 Å². The van der Waals surface area contributed by atoms with Crippen molar-refractivity contribution in [2.75, 3.05) is 13.2 Å². The fourth-order valence-electron chi connectivity index (χ4n) is 0.681. The minimum atomic E-state index is -4.29. The number of hydrogen-bond donors (Lipinski definition) is 0. The lowest BCUT2D eigenvalue weighted by molar-refractivity contribution is 0.0504. The van der Waals surface area contributed by atoms with Crippen LogP contribution in [-0.2, 0) is 13.6 Å². The van der Waals surface area contributed by atoms with E-state index in [1.165, 1.54) is 6.92 Å². The second-order valence-corrected chi connectivity index (χ2v) is 5.74. The summed E-state index contributed by atoms with van der Waals surface area (Å²) in [6, 6.07) is 0. The average Bonchev–Trinajstić information content (AvgIpc) is 1.99. The zero-order chi connectivity index (χ0) is 11.4. The van der Waals surface area contributed by atoms with Crippen molar-refractivity contribution >= 4 is 7.60 Å². The van der Waals surface area contributed by atoms with Crippen LogP contribution in [0.4, 0.5) is 8.78 Å². The first kappa shape index (κ1) is 14.0. The Balaban J connectivity index is 4.49. The van der Waals surface area contributed by atoms with Gasteiger partial charge in [-0.3, -0.25) is 4.57 Å². The molecule has 0 aliphatic heterocycles. The zero-order valence-electron chi connectivity index (χ0n) is 8.92. The molecule has 0 saturated carbocycles. The third-order valence-electron chi connectivity index (χ3n) is 1.36. The van der Waals surface area contributed by atoms with Gasteiger partial charge >= 0.3 is 13.3 Å². The molecule has 0 aromatic carbocycles. The van der Waals surface area contributed by atoms with Gasteiger partial charge < -0.3 is 9.05 Å². The summed E-state index contributed by atoms with van der Waals surface area (Å²) < 4.78 is 46.5. The van der Waals surface area contributed by atoms with Crippen molar-refractivity contribution in [3.63, 3.8) is 0 Å². The van der Waals surface area contributed by atoms with E-state index >= 15 is 0 Å². The van der Waals surface area contributed by atoms with Crippen molar-refractivity contribution in [2.45, 2.75) is 33.4 Å². The van der Waals surface area contributed by atoms with Gasteiger partial charge in [0.1, 0.15) is 0 Å². The van der Waals surface area contributed by atoms with Crippen molar-refractivity contribution in [1.82, 2.24) is 0 Å². The zero-order valence-corrected chi connectivity index (χ0v) is 9.81. The van der Waals surface area contributed by atoms with Crippen molar-refractivity contribution < 1.29 is 22.4 Å². The summed E-state index contributed by atoms with van der Waals surface area (Å²) in [5.74, 6) is 0.0335. The van der Waals surface area contributed by atoms with Gasteiger partial charge in [0, 0.05) is 6.92 Å². The number of rotatable bonds is 6. The minimum absolute atomic E-state index is 0.000702. The third-order valence-corrected chi connectivity index (χ3v) is 3.41. The molecule has 0 spiro atoms. The molecule has 0 radical (unpaired) electrons. The smallest absolute Gasteiger partial charge is 0.305 e. The number of halogens is 2. The van der Waals surface area contributed by atoms with Gasteiger partial charge in [-0.15, -0.1) is 0 Å². The largest absolute Gasteiger partial charge is 0.399 e. The SMILES string of the molecule is CCOP(=O)(OCC(C)C)C(C)(F)F. The molecule has 0 aliphatic rings. The van der Waals surface area contributed by atoms with Gasteiger partial charge in [-0.1, -0.05) is 13.8 Å². The quantitative estimate of drug-likeness (QED) is 0.655. The molecule has 0 rings (SSSR count). The molecule has 1 unspecified atom stereocenters. The highest BCUT2D eigenvalue weighted by atomic mass is 31.2. The van der Waals surface area contributed by atoms with Crippen molar-refractivity contribution in [3.8, 4) is 0 Å². The Labute approximate surface area is 83.3 Å². The lowest BCUT2D eigenvalue weighted by atomic mass is 10.2. The van der Waals surface area contributed by atoms with E-state index in [-0.39, 0.29) is 19.1 Å². The molecule has 0 saturated heterocycles. The van der Waals surface area contributed by atoms with Crippen LogP contribution in [0.3, 0.4) is 0 Å². The van der Waals surface area contributed by atoms with E-state index in [9.17, 15) is 13.3 Å². The van der Waals surface area contributed by atoms with Crippen molar-refractivity contribution in [2.24, 2.45) is 5.92 Å². The molecule has 0 heterocycles. The van der Waals surface area contributed by atoms with Crippen molar-refractivity contribution in [1.29, 1.82) is 0 Å². The molecule has 0 aromatic heterocycles. The second kappa shape index (κ2) is 5.19. The summed E-state index contributed by atoms with van der Waals surface area (Å²) in [4.78, 5) is 0. The Morgan fingerprint density at radius 1 is 1.36 bits per heavy atom. The number of alkyl halides is 2. The van der Waals surface area contributed by atoms with E-state index in [4.69, 9.17) is 0 Å². The molecule has 6 heteroatoms. The van der Waals surface area contributed by atoms with Crippen LogP contribution in [-0.4, -0.2) is 18.9 Å². The normalized spacial score (nSPS) is 17.1. The van der Waals surface area contributed by atoms with Gasteiger partial charge in [-0.2, -0.15) is 8.78 Å². The van der Waals surface area contributed by atoms with Crippen LogP contribution in [0.5, 0.6) is 0 Å². The maximum atomic E-state index is 12.9. The number of hydrogen-bond acceptors (Lipinski definition) is 3. The molecule has 0 N–H and O–H groups in total. The molecule has 0 bridgehead atoms. The molecule has 3 nitrogen and oxygen atoms in total. The Morgan fingerprint density at radius 2 is 1.86 bits per heavy atom. The fourth-order valence-corrected chi connectivity index (χ4v) is 2.04. The van der Waals surface area contributed by atoms with E-state index in [1.54, 1.807) is 13.8 Å². The average molecular weight is 230 g/mol. The topological polar surface area (TPSA) is 35.5 Å². The van der Waals surface area contributed by atoms with Gasteiger partial charge in [-0.25, -0.2) is 0 Å². The Morgan fingerprint density at radius 3 is 2.14 bits per heavy atom. The summed E-state index contributed by atoms with van der Waals surface area (Å²) >= 11 is 0. The molecule has 0 fully saturated rings. The lowest BCUT2D eigenvalue weighted by Gasteiger charge is -2.23. The van der Waals surface area contributed by atoms with E-state index in [0.717, 1.165) is 0 Å². The van der Waals surface area contributed by atoms with Gasteiger partial charge in [0.25, 0.3) is 0 Å². The third kappa shape index (κ3) is 4.03. The Bertz CT molecular complexity index is 213. The van der Waals surface area contributed by atoms with Crippen LogP contribution < -0.4 is 0 Å². The lowest BCUT2D eigenvalue weighted by Crippen LogP contribution is -2.17. The predicted molar refractivity (Wildman–Crippen MR) is 50.6 cm³/mol. The van der Waals surface area contributed by atoms with E-state index in [0.29, 0.717) is 6.92 Å². The molecule has 86 valence electrons. The predicted octanol–water partition coefficient (Wildman–Crippen LogP) is 3.50. The minimum Gasteiger partial charge on any atom is -0.305 e.